The lowest BCUT2D eigenvalue weighted by molar-refractivity contribution is 0.196. The maximum absolute atomic E-state index is 9.46. The fourth-order valence-electron chi connectivity index (χ4n) is 2.27. The molecular formula is C15H23ClO. The highest BCUT2D eigenvalue weighted by Crippen LogP contribution is 2.22. The topological polar surface area (TPSA) is 20.2 Å². The standard InChI is InChI=1S/C15H23ClO/c1-3-12(4-2)9-14(11-17)10-13-5-7-15(16)8-6-13/h5-8,12,14,17H,3-4,9-11H2,1-2H3. The highest BCUT2D eigenvalue weighted by Gasteiger charge is 2.14. The van der Waals surface area contributed by atoms with Gasteiger partial charge in [0.1, 0.15) is 0 Å². The van der Waals surface area contributed by atoms with E-state index in [0.29, 0.717) is 5.92 Å². The number of benzene rings is 1. The Morgan fingerprint density at radius 3 is 2.12 bits per heavy atom. The Morgan fingerprint density at radius 2 is 1.65 bits per heavy atom. The van der Waals surface area contributed by atoms with Gasteiger partial charge in [-0.05, 0) is 42.4 Å². The van der Waals surface area contributed by atoms with Gasteiger partial charge in [0, 0.05) is 11.6 Å². The second-order valence-corrected chi connectivity index (χ2v) is 5.23. The molecule has 0 aliphatic carbocycles. The summed E-state index contributed by atoms with van der Waals surface area (Å²) in [6, 6.07) is 7.95. The van der Waals surface area contributed by atoms with Crippen LogP contribution in [0.2, 0.25) is 5.02 Å². The molecule has 1 aromatic carbocycles. The fraction of sp³-hybridized carbons (Fsp3) is 0.600. The number of halogens is 1. The summed E-state index contributed by atoms with van der Waals surface area (Å²) in [6.07, 6.45) is 4.47. The minimum Gasteiger partial charge on any atom is -0.396 e. The van der Waals surface area contributed by atoms with Crippen molar-refractivity contribution in [1.82, 2.24) is 0 Å². The molecule has 96 valence electrons. The van der Waals surface area contributed by atoms with Crippen LogP contribution in [0.4, 0.5) is 0 Å². The average molecular weight is 255 g/mol. The molecule has 0 spiro atoms. The van der Waals surface area contributed by atoms with Gasteiger partial charge in [-0.1, -0.05) is 50.4 Å². The molecule has 1 aromatic rings. The summed E-state index contributed by atoms with van der Waals surface area (Å²) in [7, 11) is 0. The third kappa shape index (κ3) is 5.10. The van der Waals surface area contributed by atoms with Crippen LogP contribution in [0.3, 0.4) is 0 Å². The van der Waals surface area contributed by atoms with E-state index in [-0.39, 0.29) is 6.61 Å². The summed E-state index contributed by atoms with van der Waals surface area (Å²) >= 11 is 5.86. The van der Waals surface area contributed by atoms with Gasteiger partial charge in [-0.2, -0.15) is 0 Å². The lowest BCUT2D eigenvalue weighted by Crippen LogP contribution is -2.14. The Bertz CT molecular complexity index is 303. The molecular weight excluding hydrogens is 232 g/mol. The molecule has 0 fully saturated rings. The van der Waals surface area contributed by atoms with E-state index in [0.717, 1.165) is 23.8 Å². The maximum atomic E-state index is 9.46. The summed E-state index contributed by atoms with van der Waals surface area (Å²) in [6.45, 7) is 4.73. The first-order valence-electron chi connectivity index (χ1n) is 6.54. The molecule has 1 unspecified atom stereocenters. The SMILES string of the molecule is CCC(CC)CC(CO)Cc1ccc(Cl)cc1. The van der Waals surface area contributed by atoms with Crippen LogP contribution >= 0.6 is 11.6 Å². The summed E-state index contributed by atoms with van der Waals surface area (Å²) < 4.78 is 0. The van der Waals surface area contributed by atoms with Crippen molar-refractivity contribution in [2.45, 2.75) is 39.5 Å². The zero-order chi connectivity index (χ0) is 12.7. The molecule has 1 N–H and O–H groups in total. The van der Waals surface area contributed by atoms with Crippen LogP contribution in [0.5, 0.6) is 0 Å². The van der Waals surface area contributed by atoms with Crippen LogP contribution in [-0.2, 0) is 6.42 Å². The predicted octanol–water partition coefficient (Wildman–Crippen LogP) is 4.32. The molecule has 0 aliphatic heterocycles. The van der Waals surface area contributed by atoms with E-state index in [1.54, 1.807) is 0 Å². The van der Waals surface area contributed by atoms with Crippen LogP contribution in [0.15, 0.2) is 24.3 Å². The van der Waals surface area contributed by atoms with Gasteiger partial charge in [0.05, 0.1) is 0 Å². The third-order valence-electron chi connectivity index (χ3n) is 3.52. The van der Waals surface area contributed by atoms with Gasteiger partial charge in [0.2, 0.25) is 0 Å². The number of aliphatic hydroxyl groups is 1. The van der Waals surface area contributed by atoms with Gasteiger partial charge < -0.3 is 5.11 Å². The Hall–Kier alpha value is -0.530. The lowest BCUT2D eigenvalue weighted by Gasteiger charge is -2.20. The molecule has 0 radical (unpaired) electrons. The van der Waals surface area contributed by atoms with Crippen LogP contribution in [-0.4, -0.2) is 11.7 Å². The van der Waals surface area contributed by atoms with Crippen LogP contribution < -0.4 is 0 Å². The molecule has 1 nitrogen and oxygen atoms in total. The third-order valence-corrected chi connectivity index (χ3v) is 3.77. The van der Waals surface area contributed by atoms with Gasteiger partial charge in [-0.3, -0.25) is 0 Å². The largest absolute Gasteiger partial charge is 0.396 e. The quantitative estimate of drug-likeness (QED) is 0.769. The van der Waals surface area contributed by atoms with E-state index in [1.807, 2.05) is 12.1 Å². The molecule has 0 saturated heterocycles. The zero-order valence-corrected chi connectivity index (χ0v) is 11.6. The first-order chi connectivity index (χ1) is 8.19. The van der Waals surface area contributed by atoms with Crippen molar-refractivity contribution in [2.24, 2.45) is 11.8 Å². The summed E-state index contributed by atoms with van der Waals surface area (Å²) in [5.41, 5.74) is 1.26. The van der Waals surface area contributed by atoms with Gasteiger partial charge in [-0.25, -0.2) is 0 Å². The van der Waals surface area contributed by atoms with Crippen LogP contribution in [0.1, 0.15) is 38.7 Å². The Labute approximate surface area is 110 Å². The monoisotopic (exact) mass is 254 g/mol. The molecule has 17 heavy (non-hydrogen) atoms. The number of hydrogen-bond acceptors (Lipinski definition) is 1. The van der Waals surface area contributed by atoms with Crippen LogP contribution in [0.25, 0.3) is 0 Å². The molecule has 1 atom stereocenters. The van der Waals surface area contributed by atoms with E-state index in [1.165, 1.54) is 18.4 Å². The average Bonchev–Trinajstić information content (AvgIpc) is 2.37. The normalized spacial score (nSPS) is 13.0. The Balaban J connectivity index is 2.54. The molecule has 0 saturated carbocycles. The van der Waals surface area contributed by atoms with E-state index in [4.69, 9.17) is 11.6 Å². The van der Waals surface area contributed by atoms with E-state index in [9.17, 15) is 5.11 Å². The highest BCUT2D eigenvalue weighted by molar-refractivity contribution is 6.30. The smallest absolute Gasteiger partial charge is 0.0462 e. The lowest BCUT2D eigenvalue weighted by atomic mass is 9.87. The summed E-state index contributed by atoms with van der Waals surface area (Å²) in [5.74, 6) is 1.11. The first-order valence-corrected chi connectivity index (χ1v) is 6.92. The molecule has 0 aliphatic rings. The van der Waals surface area contributed by atoms with Crippen LogP contribution in [0, 0.1) is 11.8 Å². The van der Waals surface area contributed by atoms with Crippen molar-refractivity contribution in [3.05, 3.63) is 34.9 Å². The summed E-state index contributed by atoms with van der Waals surface area (Å²) in [4.78, 5) is 0. The second kappa shape index (κ2) is 7.73. The number of hydrogen-bond donors (Lipinski definition) is 1. The maximum Gasteiger partial charge on any atom is 0.0462 e. The van der Waals surface area contributed by atoms with E-state index < -0.39 is 0 Å². The van der Waals surface area contributed by atoms with Crippen molar-refractivity contribution in [2.75, 3.05) is 6.61 Å². The van der Waals surface area contributed by atoms with Gasteiger partial charge in [0.25, 0.3) is 0 Å². The minimum atomic E-state index is 0.277. The summed E-state index contributed by atoms with van der Waals surface area (Å²) in [5, 5.41) is 10.2. The van der Waals surface area contributed by atoms with E-state index in [2.05, 4.69) is 26.0 Å². The van der Waals surface area contributed by atoms with Crippen molar-refractivity contribution < 1.29 is 5.11 Å². The Kier molecular flexibility index (Phi) is 6.61. The highest BCUT2D eigenvalue weighted by atomic mass is 35.5. The second-order valence-electron chi connectivity index (χ2n) is 4.80. The zero-order valence-electron chi connectivity index (χ0n) is 10.8. The molecule has 1 rings (SSSR count). The van der Waals surface area contributed by atoms with Crippen molar-refractivity contribution in [3.8, 4) is 0 Å². The van der Waals surface area contributed by atoms with E-state index >= 15 is 0 Å². The van der Waals surface area contributed by atoms with Gasteiger partial charge in [-0.15, -0.1) is 0 Å². The molecule has 2 heteroatoms. The molecule has 0 aromatic heterocycles. The molecule has 0 amide bonds. The number of rotatable bonds is 7. The van der Waals surface area contributed by atoms with Gasteiger partial charge in [0.15, 0.2) is 0 Å². The molecule has 0 heterocycles. The van der Waals surface area contributed by atoms with Gasteiger partial charge >= 0.3 is 0 Å². The van der Waals surface area contributed by atoms with Crippen molar-refractivity contribution >= 4 is 11.6 Å². The minimum absolute atomic E-state index is 0.277. The fourth-order valence-corrected chi connectivity index (χ4v) is 2.40. The van der Waals surface area contributed by atoms with Crippen molar-refractivity contribution in [1.29, 1.82) is 0 Å². The number of aliphatic hydroxyl groups excluding tert-OH is 1. The first kappa shape index (κ1) is 14.5. The molecule has 0 bridgehead atoms. The Morgan fingerprint density at radius 1 is 1.06 bits per heavy atom. The predicted molar refractivity (Wildman–Crippen MR) is 74.4 cm³/mol. The van der Waals surface area contributed by atoms with Crippen molar-refractivity contribution in [3.63, 3.8) is 0 Å².